The highest BCUT2D eigenvalue weighted by Gasteiger charge is 2.38. The van der Waals surface area contributed by atoms with Crippen molar-refractivity contribution in [2.75, 3.05) is 6.61 Å². The van der Waals surface area contributed by atoms with Gasteiger partial charge in [-0.15, -0.1) is 0 Å². The summed E-state index contributed by atoms with van der Waals surface area (Å²) < 4.78 is 5.91. The van der Waals surface area contributed by atoms with Gasteiger partial charge in [0.05, 0.1) is 11.5 Å². The van der Waals surface area contributed by atoms with Crippen LogP contribution < -0.4 is 9.61 Å². The molecule has 0 aliphatic heterocycles. The van der Waals surface area contributed by atoms with E-state index in [4.69, 9.17) is 4.74 Å². The normalized spacial score (nSPS) is 23.3. The monoisotopic (exact) mass is 362 g/mol. The standard InChI is InChI=1S/C18H22N2O4S/c1-18(9-3-2-4-15(18)20-23)11-24-13-7-5-12(6-8-13)10-14-16(21)19-17(22)25-14/h5-8,15,21H,2-4,9-11H2,1H3,(H,19,22). The van der Waals surface area contributed by atoms with Gasteiger partial charge in [0, 0.05) is 11.8 Å². The zero-order valence-corrected chi connectivity index (χ0v) is 15.0. The fourth-order valence-electron chi connectivity index (χ4n) is 3.34. The van der Waals surface area contributed by atoms with Crippen molar-refractivity contribution in [2.24, 2.45) is 10.6 Å². The molecule has 134 valence electrons. The molecule has 1 saturated carbocycles. The minimum Gasteiger partial charge on any atom is -0.494 e. The van der Waals surface area contributed by atoms with Crippen LogP contribution in [-0.4, -0.2) is 22.7 Å². The summed E-state index contributed by atoms with van der Waals surface area (Å²) >= 11 is 1.01. The maximum atomic E-state index is 11.2. The lowest BCUT2D eigenvalue weighted by Crippen LogP contribution is -2.39. The number of H-pyrrole nitrogens is 1. The maximum Gasteiger partial charge on any atom is 0.307 e. The number of aromatic amines is 1. The molecule has 2 aromatic rings. The van der Waals surface area contributed by atoms with Crippen LogP contribution in [0.4, 0.5) is 0 Å². The summed E-state index contributed by atoms with van der Waals surface area (Å²) in [5.41, 5.74) is 0.774. The lowest BCUT2D eigenvalue weighted by atomic mass is 9.72. The van der Waals surface area contributed by atoms with E-state index < -0.39 is 0 Å². The van der Waals surface area contributed by atoms with E-state index in [0.717, 1.165) is 48.3 Å². The summed E-state index contributed by atoms with van der Waals surface area (Å²) in [5, 5.41) is 13.0. The van der Waals surface area contributed by atoms with E-state index in [0.29, 0.717) is 17.9 Å². The Morgan fingerprint density at radius 2 is 2.12 bits per heavy atom. The summed E-state index contributed by atoms with van der Waals surface area (Å²) in [5.74, 6) is 0.680. The molecule has 1 aliphatic carbocycles. The number of hydrogen-bond acceptors (Lipinski definition) is 6. The van der Waals surface area contributed by atoms with Crippen molar-refractivity contribution >= 4 is 11.3 Å². The van der Waals surface area contributed by atoms with Gasteiger partial charge in [0.2, 0.25) is 5.88 Å². The smallest absolute Gasteiger partial charge is 0.307 e. The summed E-state index contributed by atoms with van der Waals surface area (Å²) in [4.78, 5) is 25.0. The van der Waals surface area contributed by atoms with Gasteiger partial charge in [0.15, 0.2) is 0 Å². The van der Waals surface area contributed by atoms with Crippen LogP contribution in [0.1, 0.15) is 43.0 Å². The van der Waals surface area contributed by atoms with Crippen molar-refractivity contribution < 1.29 is 9.84 Å². The molecule has 7 heteroatoms. The Morgan fingerprint density at radius 3 is 2.76 bits per heavy atom. The number of nitrogens with one attached hydrogen (secondary N) is 1. The van der Waals surface area contributed by atoms with Gasteiger partial charge < -0.3 is 9.84 Å². The second-order valence-corrected chi connectivity index (χ2v) is 7.98. The molecule has 1 aromatic carbocycles. The maximum absolute atomic E-state index is 11.2. The first kappa shape index (κ1) is 17.7. The molecule has 6 nitrogen and oxygen atoms in total. The Morgan fingerprint density at radius 1 is 1.36 bits per heavy atom. The van der Waals surface area contributed by atoms with Crippen LogP contribution in [0.2, 0.25) is 0 Å². The predicted octanol–water partition coefficient (Wildman–Crippen LogP) is 3.83. The predicted molar refractivity (Wildman–Crippen MR) is 97.5 cm³/mol. The number of aromatic nitrogens is 1. The fraction of sp³-hybridized carbons (Fsp3) is 0.500. The highest BCUT2D eigenvalue weighted by atomic mass is 32.1. The van der Waals surface area contributed by atoms with Crippen LogP contribution in [0.5, 0.6) is 11.6 Å². The van der Waals surface area contributed by atoms with Crippen molar-refractivity contribution in [2.45, 2.75) is 45.1 Å². The topological polar surface area (TPSA) is 91.8 Å². The van der Waals surface area contributed by atoms with Crippen molar-refractivity contribution in [1.29, 1.82) is 0 Å². The molecule has 25 heavy (non-hydrogen) atoms. The number of nitrogens with zero attached hydrogens (tertiary/aromatic N) is 1. The Kier molecular flexibility index (Phi) is 5.22. The first-order valence-corrected chi connectivity index (χ1v) is 9.27. The van der Waals surface area contributed by atoms with E-state index in [1.807, 2.05) is 24.3 Å². The van der Waals surface area contributed by atoms with Gasteiger partial charge in [-0.05, 0) is 30.5 Å². The van der Waals surface area contributed by atoms with Crippen LogP contribution in [0.15, 0.2) is 34.2 Å². The molecule has 1 aromatic heterocycles. The number of benzene rings is 1. The summed E-state index contributed by atoms with van der Waals surface area (Å²) in [6, 6.07) is 7.39. The van der Waals surface area contributed by atoms with E-state index in [9.17, 15) is 14.8 Å². The van der Waals surface area contributed by atoms with Crippen molar-refractivity contribution in [1.82, 2.24) is 4.98 Å². The van der Waals surface area contributed by atoms with Gasteiger partial charge in [0.25, 0.3) is 0 Å². The summed E-state index contributed by atoms with van der Waals surface area (Å²) in [6.07, 6.45) is 4.44. The van der Waals surface area contributed by atoms with Crippen LogP contribution >= 0.6 is 11.3 Å². The number of nitroso groups, excluding NO2 is 1. The highest BCUT2D eigenvalue weighted by Crippen LogP contribution is 2.38. The van der Waals surface area contributed by atoms with Crippen LogP contribution in [-0.2, 0) is 6.42 Å². The quantitative estimate of drug-likeness (QED) is 0.764. The fourth-order valence-corrected chi connectivity index (χ4v) is 4.10. The average Bonchev–Trinajstić information content (AvgIpc) is 2.92. The Hall–Kier alpha value is -2.15. The highest BCUT2D eigenvalue weighted by molar-refractivity contribution is 7.09. The molecule has 0 bridgehead atoms. The summed E-state index contributed by atoms with van der Waals surface area (Å²) in [7, 11) is 0. The van der Waals surface area contributed by atoms with E-state index in [2.05, 4.69) is 17.1 Å². The van der Waals surface area contributed by atoms with Crippen molar-refractivity contribution in [3.8, 4) is 11.6 Å². The molecule has 2 N–H and O–H groups in total. The lowest BCUT2D eigenvalue weighted by Gasteiger charge is -2.37. The largest absolute Gasteiger partial charge is 0.494 e. The van der Waals surface area contributed by atoms with Gasteiger partial charge in [-0.1, -0.05) is 48.4 Å². The zero-order valence-electron chi connectivity index (χ0n) is 14.2. The Labute approximate surface area is 149 Å². The van der Waals surface area contributed by atoms with E-state index >= 15 is 0 Å². The molecule has 2 atom stereocenters. The van der Waals surface area contributed by atoms with E-state index in [1.165, 1.54) is 0 Å². The minimum absolute atomic E-state index is 0.0621. The first-order chi connectivity index (χ1) is 12.0. The molecule has 1 heterocycles. The molecule has 0 spiro atoms. The molecule has 1 fully saturated rings. The third-order valence-electron chi connectivity index (χ3n) is 4.96. The Balaban J connectivity index is 1.61. The number of rotatable bonds is 6. The SMILES string of the molecule is CC1(COc2ccc(Cc3sc(=O)[nH]c3O)cc2)CCCCC1N=O. The van der Waals surface area contributed by atoms with Gasteiger partial charge >= 0.3 is 4.87 Å². The van der Waals surface area contributed by atoms with Crippen LogP contribution in [0, 0.1) is 10.3 Å². The van der Waals surface area contributed by atoms with Crippen molar-refractivity contribution in [3.05, 3.63) is 49.3 Å². The van der Waals surface area contributed by atoms with E-state index in [1.54, 1.807) is 0 Å². The van der Waals surface area contributed by atoms with Crippen LogP contribution in [0.3, 0.4) is 0 Å². The molecular formula is C18H22N2O4S. The molecule has 2 unspecified atom stereocenters. The number of hydrogen-bond donors (Lipinski definition) is 2. The molecule has 0 radical (unpaired) electrons. The second kappa shape index (κ2) is 7.39. The first-order valence-electron chi connectivity index (χ1n) is 8.45. The van der Waals surface area contributed by atoms with Crippen molar-refractivity contribution in [3.63, 3.8) is 0 Å². The molecular weight excluding hydrogens is 340 g/mol. The Bertz CT molecular complexity index is 783. The van der Waals surface area contributed by atoms with Crippen LogP contribution in [0.25, 0.3) is 0 Å². The molecule has 0 amide bonds. The van der Waals surface area contributed by atoms with Gasteiger partial charge in [0.1, 0.15) is 11.8 Å². The number of thiazole rings is 1. The third-order valence-corrected chi connectivity index (χ3v) is 5.84. The van der Waals surface area contributed by atoms with Gasteiger partial charge in [-0.3, -0.25) is 9.78 Å². The average molecular weight is 362 g/mol. The number of aromatic hydroxyl groups is 1. The van der Waals surface area contributed by atoms with Gasteiger partial charge in [-0.25, -0.2) is 0 Å². The number of ether oxygens (including phenoxy) is 1. The second-order valence-electron chi connectivity index (χ2n) is 6.92. The lowest BCUT2D eigenvalue weighted by molar-refractivity contribution is 0.0935. The minimum atomic E-state index is -0.258. The summed E-state index contributed by atoms with van der Waals surface area (Å²) in [6.45, 7) is 2.55. The van der Waals surface area contributed by atoms with E-state index in [-0.39, 0.29) is 22.2 Å². The third kappa shape index (κ3) is 4.10. The molecule has 3 rings (SSSR count). The zero-order chi connectivity index (χ0) is 17.9. The van der Waals surface area contributed by atoms with Gasteiger partial charge in [-0.2, -0.15) is 4.91 Å². The molecule has 1 aliphatic rings. The molecule has 0 saturated heterocycles.